The number of carbonyl (C=O) groups excluding carboxylic acids is 1. The molecule has 5 nitrogen and oxygen atoms in total. The molecule has 100 valence electrons. The zero-order valence-corrected chi connectivity index (χ0v) is 11.6. The first-order valence-corrected chi connectivity index (χ1v) is 6.84. The average Bonchev–Trinajstić information content (AvgIpc) is 2.79. The van der Waals surface area contributed by atoms with E-state index in [0.717, 1.165) is 10.4 Å². The SMILES string of the molecule is Cc1ncccc1NC(=O)c1sc2cccnc2c1N. The van der Waals surface area contributed by atoms with Crippen molar-refractivity contribution in [3.05, 3.63) is 47.2 Å². The maximum atomic E-state index is 12.3. The number of rotatable bonds is 2. The molecule has 3 heterocycles. The molecule has 3 aromatic rings. The van der Waals surface area contributed by atoms with Gasteiger partial charge in [-0.1, -0.05) is 0 Å². The monoisotopic (exact) mass is 284 g/mol. The summed E-state index contributed by atoms with van der Waals surface area (Å²) >= 11 is 1.34. The van der Waals surface area contributed by atoms with Crippen molar-refractivity contribution in [1.82, 2.24) is 9.97 Å². The zero-order chi connectivity index (χ0) is 14.1. The summed E-state index contributed by atoms with van der Waals surface area (Å²) in [6, 6.07) is 7.31. The number of pyridine rings is 2. The van der Waals surface area contributed by atoms with Gasteiger partial charge >= 0.3 is 0 Å². The van der Waals surface area contributed by atoms with Gasteiger partial charge < -0.3 is 11.1 Å². The number of carbonyl (C=O) groups is 1. The van der Waals surface area contributed by atoms with E-state index in [9.17, 15) is 4.79 Å². The minimum absolute atomic E-state index is 0.235. The number of nitrogen functional groups attached to an aromatic ring is 1. The van der Waals surface area contributed by atoms with Crippen LogP contribution in [0.2, 0.25) is 0 Å². The van der Waals surface area contributed by atoms with Crippen molar-refractivity contribution in [2.45, 2.75) is 6.92 Å². The molecule has 3 rings (SSSR count). The highest BCUT2D eigenvalue weighted by atomic mass is 32.1. The number of nitrogens with two attached hydrogens (primary N) is 1. The number of aromatic nitrogens is 2. The van der Waals surface area contributed by atoms with Crippen molar-refractivity contribution in [2.24, 2.45) is 0 Å². The molecular weight excluding hydrogens is 272 g/mol. The largest absolute Gasteiger partial charge is 0.396 e. The molecule has 0 aliphatic rings. The average molecular weight is 284 g/mol. The lowest BCUT2D eigenvalue weighted by Gasteiger charge is -2.06. The van der Waals surface area contributed by atoms with Crippen molar-refractivity contribution in [1.29, 1.82) is 0 Å². The Hall–Kier alpha value is -2.47. The first-order valence-electron chi connectivity index (χ1n) is 6.03. The lowest BCUT2D eigenvalue weighted by atomic mass is 10.3. The quantitative estimate of drug-likeness (QED) is 0.758. The smallest absolute Gasteiger partial charge is 0.268 e. The molecule has 3 N–H and O–H groups in total. The molecule has 20 heavy (non-hydrogen) atoms. The van der Waals surface area contributed by atoms with Crippen molar-refractivity contribution >= 4 is 38.8 Å². The maximum Gasteiger partial charge on any atom is 0.268 e. The lowest BCUT2D eigenvalue weighted by Crippen LogP contribution is -2.13. The normalized spacial score (nSPS) is 10.7. The first kappa shape index (κ1) is 12.6. The summed E-state index contributed by atoms with van der Waals surface area (Å²) < 4.78 is 0.901. The van der Waals surface area contributed by atoms with Crippen LogP contribution in [0.1, 0.15) is 15.4 Å². The molecule has 0 saturated heterocycles. The van der Waals surface area contributed by atoms with Crippen LogP contribution in [0.4, 0.5) is 11.4 Å². The van der Waals surface area contributed by atoms with E-state index in [2.05, 4.69) is 15.3 Å². The third kappa shape index (κ3) is 2.10. The molecule has 0 aliphatic carbocycles. The molecule has 6 heteroatoms. The van der Waals surface area contributed by atoms with E-state index in [1.54, 1.807) is 18.5 Å². The summed E-state index contributed by atoms with van der Waals surface area (Å²) in [5.74, 6) is -0.235. The van der Waals surface area contributed by atoms with Gasteiger partial charge in [-0.25, -0.2) is 0 Å². The highest BCUT2D eigenvalue weighted by molar-refractivity contribution is 7.21. The number of amides is 1. The highest BCUT2D eigenvalue weighted by Gasteiger charge is 2.17. The Morgan fingerprint density at radius 3 is 2.75 bits per heavy atom. The van der Waals surface area contributed by atoms with Gasteiger partial charge in [0, 0.05) is 12.4 Å². The highest BCUT2D eigenvalue weighted by Crippen LogP contribution is 2.32. The van der Waals surface area contributed by atoms with Crippen LogP contribution in [-0.4, -0.2) is 15.9 Å². The molecule has 0 unspecified atom stereocenters. The Morgan fingerprint density at radius 2 is 2.00 bits per heavy atom. The van der Waals surface area contributed by atoms with Gasteiger partial charge in [-0.2, -0.15) is 0 Å². The van der Waals surface area contributed by atoms with E-state index < -0.39 is 0 Å². The van der Waals surface area contributed by atoms with Gasteiger partial charge in [0.1, 0.15) is 10.4 Å². The number of hydrogen-bond acceptors (Lipinski definition) is 5. The molecule has 0 aliphatic heterocycles. The number of nitrogens with one attached hydrogen (secondary N) is 1. The van der Waals surface area contributed by atoms with Crippen LogP contribution in [0.25, 0.3) is 10.2 Å². The van der Waals surface area contributed by atoms with Gasteiger partial charge in [-0.3, -0.25) is 14.8 Å². The summed E-state index contributed by atoms with van der Waals surface area (Å²) in [6.07, 6.45) is 3.35. The first-order chi connectivity index (χ1) is 9.66. The van der Waals surface area contributed by atoms with Gasteiger partial charge in [-0.15, -0.1) is 11.3 Å². The Morgan fingerprint density at radius 1 is 1.25 bits per heavy atom. The lowest BCUT2D eigenvalue weighted by molar-refractivity contribution is 0.103. The minimum atomic E-state index is -0.235. The molecule has 0 fully saturated rings. The van der Waals surface area contributed by atoms with Crippen molar-refractivity contribution in [2.75, 3.05) is 11.1 Å². The van der Waals surface area contributed by atoms with Crippen LogP contribution >= 0.6 is 11.3 Å². The van der Waals surface area contributed by atoms with Crippen LogP contribution in [-0.2, 0) is 0 Å². The number of aryl methyl sites for hydroxylation is 1. The topological polar surface area (TPSA) is 80.9 Å². The summed E-state index contributed by atoms with van der Waals surface area (Å²) in [7, 11) is 0. The zero-order valence-electron chi connectivity index (χ0n) is 10.8. The Bertz CT molecular complexity index is 797. The molecular formula is C14H12N4OS. The molecule has 0 bridgehead atoms. The Kier molecular flexibility index (Phi) is 3.08. The predicted molar refractivity (Wildman–Crippen MR) is 81.0 cm³/mol. The number of anilines is 2. The van der Waals surface area contributed by atoms with E-state index in [1.807, 2.05) is 25.1 Å². The van der Waals surface area contributed by atoms with Crippen LogP contribution in [0, 0.1) is 6.92 Å². The van der Waals surface area contributed by atoms with Crippen LogP contribution in [0.15, 0.2) is 36.7 Å². The van der Waals surface area contributed by atoms with Gasteiger partial charge in [0.05, 0.1) is 21.8 Å². The van der Waals surface area contributed by atoms with E-state index in [-0.39, 0.29) is 5.91 Å². The predicted octanol–water partition coefficient (Wildman–Crippen LogP) is 2.83. The second kappa shape index (κ2) is 4.90. The van der Waals surface area contributed by atoms with Crippen molar-refractivity contribution in [3.63, 3.8) is 0 Å². The molecule has 0 aromatic carbocycles. The van der Waals surface area contributed by atoms with Crippen LogP contribution in [0.5, 0.6) is 0 Å². The molecule has 0 atom stereocenters. The Labute approximate surface area is 119 Å². The van der Waals surface area contributed by atoms with Gasteiger partial charge in [0.2, 0.25) is 0 Å². The second-order valence-electron chi connectivity index (χ2n) is 4.29. The van der Waals surface area contributed by atoms with Gasteiger partial charge in [-0.05, 0) is 31.2 Å². The summed E-state index contributed by atoms with van der Waals surface area (Å²) in [4.78, 5) is 21.1. The van der Waals surface area contributed by atoms with E-state index in [1.165, 1.54) is 11.3 Å². The fourth-order valence-electron chi connectivity index (χ4n) is 1.91. The molecule has 0 radical (unpaired) electrons. The third-order valence-corrected chi connectivity index (χ3v) is 4.10. The van der Waals surface area contributed by atoms with Gasteiger partial charge in [0.15, 0.2) is 0 Å². The van der Waals surface area contributed by atoms with E-state index >= 15 is 0 Å². The molecule has 0 spiro atoms. The summed E-state index contributed by atoms with van der Waals surface area (Å²) in [5, 5.41) is 2.83. The third-order valence-electron chi connectivity index (χ3n) is 2.94. The minimum Gasteiger partial charge on any atom is -0.396 e. The van der Waals surface area contributed by atoms with Crippen LogP contribution in [0.3, 0.4) is 0 Å². The second-order valence-corrected chi connectivity index (χ2v) is 5.34. The molecule has 3 aromatic heterocycles. The molecule has 0 saturated carbocycles. The number of nitrogens with zero attached hydrogens (tertiary/aromatic N) is 2. The maximum absolute atomic E-state index is 12.3. The Balaban J connectivity index is 1.97. The van der Waals surface area contributed by atoms with Crippen LogP contribution < -0.4 is 11.1 Å². The van der Waals surface area contributed by atoms with E-state index in [0.29, 0.717) is 21.8 Å². The fourth-order valence-corrected chi connectivity index (χ4v) is 2.89. The van der Waals surface area contributed by atoms with Crippen molar-refractivity contribution in [3.8, 4) is 0 Å². The van der Waals surface area contributed by atoms with E-state index in [4.69, 9.17) is 5.73 Å². The summed E-state index contributed by atoms with van der Waals surface area (Å²) in [5.41, 5.74) is 8.54. The summed E-state index contributed by atoms with van der Waals surface area (Å²) in [6.45, 7) is 1.84. The fraction of sp³-hybridized carbons (Fsp3) is 0.0714. The van der Waals surface area contributed by atoms with Crippen molar-refractivity contribution < 1.29 is 4.79 Å². The van der Waals surface area contributed by atoms with Gasteiger partial charge in [0.25, 0.3) is 5.91 Å². The molecule has 1 amide bonds. The number of thiophene rings is 1. The number of fused-ring (bicyclic) bond motifs is 1. The standard InChI is InChI=1S/C14H12N4OS/c1-8-9(4-2-6-16-8)18-14(19)13-11(15)12-10(20-13)5-3-7-17-12/h2-7H,15H2,1H3,(H,18,19). The number of hydrogen-bond donors (Lipinski definition) is 2.